The maximum atomic E-state index is 13.2. The van der Waals surface area contributed by atoms with E-state index < -0.39 is 5.82 Å². The van der Waals surface area contributed by atoms with E-state index in [0.29, 0.717) is 17.9 Å². The Hall–Kier alpha value is -2.74. The van der Waals surface area contributed by atoms with Gasteiger partial charge >= 0.3 is 0 Å². The third-order valence-electron chi connectivity index (χ3n) is 4.45. The summed E-state index contributed by atoms with van der Waals surface area (Å²) in [4.78, 5) is 14.7. The van der Waals surface area contributed by atoms with Crippen molar-refractivity contribution in [2.24, 2.45) is 5.92 Å². The van der Waals surface area contributed by atoms with Crippen LogP contribution in [0, 0.1) is 11.7 Å². The minimum Gasteiger partial charge on any atom is -0.354 e. The van der Waals surface area contributed by atoms with Gasteiger partial charge in [-0.1, -0.05) is 11.6 Å². The number of anilines is 2. The van der Waals surface area contributed by atoms with Gasteiger partial charge in [0.25, 0.3) is 0 Å². The van der Waals surface area contributed by atoms with Crippen LogP contribution in [0.15, 0.2) is 36.7 Å². The van der Waals surface area contributed by atoms with Crippen LogP contribution in [0.3, 0.4) is 0 Å². The predicted molar refractivity (Wildman–Crippen MR) is 95.8 cm³/mol. The molecule has 26 heavy (non-hydrogen) atoms. The Morgan fingerprint density at radius 3 is 3.04 bits per heavy atom. The summed E-state index contributed by atoms with van der Waals surface area (Å²) < 4.78 is 14.9. The fourth-order valence-electron chi connectivity index (χ4n) is 3.10. The number of rotatable bonds is 3. The van der Waals surface area contributed by atoms with E-state index in [0.717, 1.165) is 25.2 Å². The van der Waals surface area contributed by atoms with Gasteiger partial charge in [-0.05, 0) is 43.2 Å². The zero-order valence-electron chi connectivity index (χ0n) is 13.8. The second-order valence-corrected chi connectivity index (χ2v) is 6.64. The van der Waals surface area contributed by atoms with Crippen LogP contribution < -0.4 is 10.2 Å². The van der Waals surface area contributed by atoms with Gasteiger partial charge in [0.2, 0.25) is 5.91 Å². The van der Waals surface area contributed by atoms with Gasteiger partial charge in [-0.3, -0.25) is 4.79 Å². The van der Waals surface area contributed by atoms with Gasteiger partial charge < -0.3 is 10.2 Å². The van der Waals surface area contributed by atoms with E-state index in [4.69, 9.17) is 11.6 Å². The van der Waals surface area contributed by atoms with E-state index >= 15 is 0 Å². The van der Waals surface area contributed by atoms with Gasteiger partial charge in [-0.15, -0.1) is 15.3 Å². The first-order chi connectivity index (χ1) is 12.6. The molecule has 1 amide bonds. The van der Waals surface area contributed by atoms with Crippen molar-refractivity contribution in [1.82, 2.24) is 19.8 Å². The fraction of sp³-hybridized carbons (Fsp3) is 0.294. The van der Waals surface area contributed by atoms with Crippen LogP contribution in [0.2, 0.25) is 5.02 Å². The van der Waals surface area contributed by atoms with Crippen LogP contribution in [-0.4, -0.2) is 38.8 Å². The molecule has 0 spiro atoms. The SMILES string of the molecule is O=C(Nc1ccc(F)c(Cl)c1)C1CCCN(c2ccc3nncn3n2)C1. The number of carbonyl (C=O) groups is 1. The van der Waals surface area contributed by atoms with Gasteiger partial charge in [-0.25, -0.2) is 4.39 Å². The lowest BCUT2D eigenvalue weighted by Crippen LogP contribution is -2.41. The molecule has 1 aromatic carbocycles. The van der Waals surface area contributed by atoms with Crippen molar-refractivity contribution in [1.29, 1.82) is 0 Å². The summed E-state index contributed by atoms with van der Waals surface area (Å²) in [7, 11) is 0. The lowest BCUT2D eigenvalue weighted by Gasteiger charge is -2.32. The predicted octanol–water partition coefficient (Wildman–Crippen LogP) is 2.77. The molecule has 134 valence electrons. The molecule has 1 aliphatic heterocycles. The van der Waals surface area contributed by atoms with Crippen LogP contribution in [0.25, 0.3) is 5.65 Å². The molecule has 0 aliphatic carbocycles. The molecule has 7 nitrogen and oxygen atoms in total. The van der Waals surface area contributed by atoms with Gasteiger partial charge in [0.15, 0.2) is 5.65 Å². The van der Waals surface area contributed by atoms with Crippen LogP contribution in [-0.2, 0) is 4.79 Å². The molecule has 3 heterocycles. The number of nitrogens with one attached hydrogen (secondary N) is 1. The van der Waals surface area contributed by atoms with E-state index in [1.54, 1.807) is 10.8 Å². The highest BCUT2D eigenvalue weighted by atomic mass is 35.5. The molecule has 1 fully saturated rings. The van der Waals surface area contributed by atoms with Gasteiger partial charge in [0.1, 0.15) is 18.0 Å². The molecule has 4 rings (SSSR count). The molecule has 1 N–H and O–H groups in total. The number of carbonyl (C=O) groups excluding carboxylic acids is 1. The molecule has 3 aromatic rings. The Balaban J connectivity index is 1.46. The quantitative estimate of drug-likeness (QED) is 0.763. The molecule has 1 atom stereocenters. The number of fused-ring (bicyclic) bond motifs is 1. The average Bonchev–Trinajstić information content (AvgIpc) is 3.12. The summed E-state index contributed by atoms with van der Waals surface area (Å²) in [6, 6.07) is 7.88. The first-order valence-corrected chi connectivity index (χ1v) is 8.66. The van der Waals surface area contributed by atoms with E-state index in [1.165, 1.54) is 18.2 Å². The summed E-state index contributed by atoms with van der Waals surface area (Å²) in [5.74, 6) is -0.0302. The maximum absolute atomic E-state index is 13.2. The van der Waals surface area contributed by atoms with E-state index in [1.807, 2.05) is 12.1 Å². The highest BCUT2D eigenvalue weighted by Crippen LogP contribution is 2.24. The van der Waals surface area contributed by atoms with Gasteiger partial charge in [0.05, 0.1) is 10.9 Å². The third-order valence-corrected chi connectivity index (χ3v) is 4.74. The zero-order chi connectivity index (χ0) is 18.1. The number of aromatic nitrogens is 4. The van der Waals surface area contributed by atoms with Crippen molar-refractivity contribution in [2.75, 3.05) is 23.3 Å². The lowest BCUT2D eigenvalue weighted by molar-refractivity contribution is -0.120. The number of benzene rings is 1. The van der Waals surface area contributed by atoms with Crippen LogP contribution in [0.5, 0.6) is 0 Å². The highest BCUT2D eigenvalue weighted by Gasteiger charge is 2.27. The second-order valence-electron chi connectivity index (χ2n) is 6.23. The molecule has 0 saturated carbocycles. The molecule has 0 bridgehead atoms. The first-order valence-electron chi connectivity index (χ1n) is 8.28. The van der Waals surface area contributed by atoms with Crippen molar-refractivity contribution in [3.63, 3.8) is 0 Å². The Morgan fingerprint density at radius 1 is 1.31 bits per heavy atom. The van der Waals surface area contributed by atoms with Crippen LogP contribution >= 0.6 is 11.6 Å². The first kappa shape index (κ1) is 16.7. The number of nitrogens with zero attached hydrogens (tertiary/aromatic N) is 5. The summed E-state index contributed by atoms with van der Waals surface area (Å²) >= 11 is 5.77. The fourth-order valence-corrected chi connectivity index (χ4v) is 3.29. The Labute approximate surface area is 153 Å². The molecule has 9 heteroatoms. The van der Waals surface area contributed by atoms with Crippen molar-refractivity contribution in [3.8, 4) is 0 Å². The number of hydrogen-bond acceptors (Lipinski definition) is 5. The van der Waals surface area contributed by atoms with E-state index in [2.05, 4.69) is 25.5 Å². The van der Waals surface area contributed by atoms with E-state index in [9.17, 15) is 9.18 Å². The zero-order valence-corrected chi connectivity index (χ0v) is 14.5. The van der Waals surface area contributed by atoms with Crippen molar-refractivity contribution < 1.29 is 9.18 Å². The molecular weight excluding hydrogens is 359 g/mol. The third kappa shape index (κ3) is 3.32. The van der Waals surface area contributed by atoms with Crippen LogP contribution in [0.4, 0.5) is 15.9 Å². The smallest absolute Gasteiger partial charge is 0.229 e. The summed E-state index contributed by atoms with van der Waals surface area (Å²) in [5.41, 5.74) is 1.16. The van der Waals surface area contributed by atoms with E-state index in [-0.39, 0.29) is 16.8 Å². The number of piperidine rings is 1. The van der Waals surface area contributed by atoms with Gasteiger partial charge in [0, 0.05) is 18.8 Å². The number of hydrogen-bond donors (Lipinski definition) is 1. The monoisotopic (exact) mass is 374 g/mol. The lowest BCUT2D eigenvalue weighted by atomic mass is 9.97. The standard InChI is InChI=1S/C17H16ClFN6O/c18-13-8-12(3-4-14(13)19)21-17(26)11-2-1-7-24(9-11)16-6-5-15-22-20-10-25(15)23-16/h3-6,8,10-11H,1-2,7,9H2,(H,21,26). The second kappa shape index (κ2) is 6.87. The Bertz CT molecular complexity index is 961. The maximum Gasteiger partial charge on any atom is 0.229 e. The normalized spacial score (nSPS) is 17.5. The minimum atomic E-state index is -0.510. The number of halogens is 2. The molecule has 2 aromatic heterocycles. The average molecular weight is 375 g/mol. The molecule has 0 radical (unpaired) electrons. The summed E-state index contributed by atoms with van der Waals surface area (Å²) in [6.07, 6.45) is 3.21. The Kier molecular flexibility index (Phi) is 4.42. The summed E-state index contributed by atoms with van der Waals surface area (Å²) in [5, 5.41) is 15.0. The van der Waals surface area contributed by atoms with Crippen molar-refractivity contribution in [3.05, 3.63) is 47.5 Å². The van der Waals surface area contributed by atoms with Gasteiger partial charge in [-0.2, -0.15) is 4.52 Å². The minimum absolute atomic E-state index is 0.0143. The molecule has 1 aliphatic rings. The summed E-state index contributed by atoms with van der Waals surface area (Å²) in [6.45, 7) is 1.38. The van der Waals surface area contributed by atoms with Crippen molar-refractivity contribution in [2.45, 2.75) is 12.8 Å². The highest BCUT2D eigenvalue weighted by molar-refractivity contribution is 6.31. The topological polar surface area (TPSA) is 75.4 Å². The Morgan fingerprint density at radius 2 is 2.19 bits per heavy atom. The van der Waals surface area contributed by atoms with Crippen LogP contribution in [0.1, 0.15) is 12.8 Å². The molecular formula is C17H16ClFN6O. The number of amides is 1. The van der Waals surface area contributed by atoms with Crippen molar-refractivity contribution >= 4 is 34.7 Å². The molecule has 1 saturated heterocycles. The molecule has 1 unspecified atom stereocenters. The largest absolute Gasteiger partial charge is 0.354 e.